The molecule has 1 aromatic carbocycles. The molecule has 168 valence electrons. The molecule has 7 nitrogen and oxygen atoms in total. The van der Waals surface area contributed by atoms with Crippen molar-refractivity contribution < 1.29 is 9.53 Å². The summed E-state index contributed by atoms with van der Waals surface area (Å²) >= 11 is 1.52. The third-order valence-electron chi connectivity index (χ3n) is 5.70. The second kappa shape index (κ2) is 8.68. The van der Waals surface area contributed by atoms with Crippen LogP contribution in [0.3, 0.4) is 0 Å². The van der Waals surface area contributed by atoms with Crippen molar-refractivity contribution in [3.05, 3.63) is 70.0 Å². The molecule has 0 spiro atoms. The SMILES string of the molecule is CC(C)Oc1ccc([C@H]2C(=O)N(C)C(N)=N[C@]2(C)c2cc(-c3cccc(C#N)c3)cs2)cn1. The highest BCUT2D eigenvalue weighted by Gasteiger charge is 2.48. The van der Waals surface area contributed by atoms with E-state index in [0.717, 1.165) is 21.6 Å². The lowest BCUT2D eigenvalue weighted by molar-refractivity contribution is -0.130. The van der Waals surface area contributed by atoms with Crippen molar-refractivity contribution in [2.24, 2.45) is 10.7 Å². The molecule has 4 rings (SSSR count). The molecule has 2 aromatic heterocycles. The largest absolute Gasteiger partial charge is 0.475 e. The van der Waals surface area contributed by atoms with Crippen molar-refractivity contribution >= 4 is 23.2 Å². The third kappa shape index (κ3) is 4.20. The maximum atomic E-state index is 13.4. The van der Waals surface area contributed by atoms with Crippen LogP contribution in [0.4, 0.5) is 0 Å². The van der Waals surface area contributed by atoms with Crippen LogP contribution < -0.4 is 10.5 Å². The molecule has 0 unspecified atom stereocenters. The van der Waals surface area contributed by atoms with Gasteiger partial charge in [-0.25, -0.2) is 9.98 Å². The number of amides is 1. The van der Waals surface area contributed by atoms with Gasteiger partial charge in [-0.1, -0.05) is 18.2 Å². The van der Waals surface area contributed by atoms with Crippen LogP contribution in [0.1, 0.15) is 42.7 Å². The van der Waals surface area contributed by atoms with E-state index in [-0.39, 0.29) is 18.0 Å². The van der Waals surface area contributed by atoms with Gasteiger partial charge >= 0.3 is 0 Å². The van der Waals surface area contributed by atoms with Gasteiger partial charge in [-0.15, -0.1) is 11.3 Å². The van der Waals surface area contributed by atoms with Crippen LogP contribution in [-0.4, -0.2) is 34.9 Å². The van der Waals surface area contributed by atoms with Crippen molar-refractivity contribution in [1.82, 2.24) is 9.88 Å². The summed E-state index contributed by atoms with van der Waals surface area (Å²) in [5.74, 6) is -0.0723. The average molecular weight is 460 g/mol. The van der Waals surface area contributed by atoms with Crippen molar-refractivity contribution in [1.29, 1.82) is 5.26 Å². The van der Waals surface area contributed by atoms with E-state index in [2.05, 4.69) is 11.1 Å². The summed E-state index contributed by atoms with van der Waals surface area (Å²) in [5, 5.41) is 11.2. The summed E-state index contributed by atoms with van der Waals surface area (Å²) in [6.45, 7) is 5.80. The summed E-state index contributed by atoms with van der Waals surface area (Å²) in [6.07, 6.45) is 1.68. The van der Waals surface area contributed by atoms with Gasteiger partial charge in [0, 0.05) is 24.2 Å². The Hall–Kier alpha value is -3.70. The second-order valence-corrected chi connectivity index (χ2v) is 9.35. The first-order valence-electron chi connectivity index (χ1n) is 10.6. The summed E-state index contributed by atoms with van der Waals surface area (Å²) in [7, 11) is 1.63. The predicted molar refractivity (Wildman–Crippen MR) is 129 cm³/mol. The second-order valence-electron chi connectivity index (χ2n) is 8.44. The number of pyridine rings is 1. The van der Waals surface area contributed by atoms with Crippen molar-refractivity contribution in [3.63, 3.8) is 0 Å². The molecule has 0 saturated carbocycles. The van der Waals surface area contributed by atoms with Crippen molar-refractivity contribution in [2.75, 3.05) is 7.05 Å². The molecule has 0 aliphatic carbocycles. The van der Waals surface area contributed by atoms with Crippen LogP contribution in [-0.2, 0) is 10.3 Å². The Morgan fingerprint density at radius 3 is 2.70 bits per heavy atom. The number of ether oxygens (including phenoxy) is 1. The van der Waals surface area contributed by atoms with E-state index < -0.39 is 11.5 Å². The standard InChI is InChI=1S/C25H25N5O2S/c1-15(2)32-21-9-8-18(13-28-21)22-23(31)30(4)24(27)29-25(22,3)20-11-19(14-33-20)17-7-5-6-16(10-17)12-26/h5-11,13-15,22H,1-4H3,(H2,27,29)/t22-,25+/m0/s1. The zero-order valence-electron chi connectivity index (χ0n) is 18.9. The molecule has 33 heavy (non-hydrogen) atoms. The normalized spacial score (nSPS) is 20.5. The van der Waals surface area contributed by atoms with Gasteiger partial charge in [0.25, 0.3) is 0 Å². The summed E-state index contributed by atoms with van der Waals surface area (Å²) in [5.41, 5.74) is 8.46. The molecule has 3 heterocycles. The van der Waals surface area contributed by atoms with E-state index >= 15 is 0 Å². The Labute approximate surface area is 197 Å². The minimum absolute atomic E-state index is 0.00420. The monoisotopic (exact) mass is 459 g/mol. The zero-order valence-corrected chi connectivity index (χ0v) is 19.8. The number of hydrogen-bond acceptors (Lipinski definition) is 7. The molecule has 0 saturated heterocycles. The molecule has 1 aliphatic rings. The van der Waals surface area contributed by atoms with Gasteiger partial charge in [0.1, 0.15) is 5.54 Å². The highest BCUT2D eigenvalue weighted by molar-refractivity contribution is 7.10. The van der Waals surface area contributed by atoms with Gasteiger partial charge in [-0.05, 0) is 61.0 Å². The van der Waals surface area contributed by atoms with Crippen LogP contribution in [0.15, 0.2) is 59.0 Å². The number of hydrogen-bond donors (Lipinski definition) is 1. The van der Waals surface area contributed by atoms with Crippen LogP contribution in [0.2, 0.25) is 0 Å². The number of guanidine groups is 1. The fourth-order valence-corrected chi connectivity index (χ4v) is 5.04. The first-order chi connectivity index (χ1) is 15.7. The summed E-state index contributed by atoms with van der Waals surface area (Å²) < 4.78 is 5.65. The smallest absolute Gasteiger partial charge is 0.239 e. The first-order valence-corrected chi connectivity index (χ1v) is 11.5. The number of nitriles is 1. The maximum Gasteiger partial charge on any atom is 0.239 e. The number of carbonyl (C=O) groups is 1. The lowest BCUT2D eigenvalue weighted by atomic mass is 9.78. The Morgan fingerprint density at radius 2 is 2.03 bits per heavy atom. The quantitative estimate of drug-likeness (QED) is 0.614. The van der Waals surface area contributed by atoms with Crippen LogP contribution in [0.5, 0.6) is 5.88 Å². The number of aliphatic imine (C=N–C) groups is 1. The lowest BCUT2D eigenvalue weighted by Crippen LogP contribution is -2.52. The van der Waals surface area contributed by atoms with Gasteiger partial charge in [-0.3, -0.25) is 9.69 Å². The molecule has 2 atom stereocenters. The summed E-state index contributed by atoms with van der Waals surface area (Å²) in [6, 6.07) is 15.3. The van der Waals surface area contributed by atoms with Gasteiger partial charge in [0.05, 0.1) is 23.7 Å². The molecule has 0 fully saturated rings. The predicted octanol–water partition coefficient (Wildman–Crippen LogP) is 4.25. The van der Waals surface area contributed by atoms with Gasteiger partial charge in [0.2, 0.25) is 11.8 Å². The number of nitrogens with zero attached hydrogens (tertiary/aromatic N) is 4. The Balaban J connectivity index is 1.78. The topological polar surface area (TPSA) is 105 Å². The van der Waals surface area contributed by atoms with E-state index in [1.54, 1.807) is 25.4 Å². The molecular formula is C25H25N5O2S. The Kier molecular flexibility index (Phi) is 5.91. The minimum Gasteiger partial charge on any atom is -0.475 e. The number of aromatic nitrogens is 1. The van der Waals surface area contributed by atoms with Gasteiger partial charge in [-0.2, -0.15) is 5.26 Å². The van der Waals surface area contributed by atoms with Gasteiger partial charge < -0.3 is 10.5 Å². The molecule has 2 N–H and O–H groups in total. The molecule has 0 radical (unpaired) electrons. The number of likely N-dealkylation sites (N-methyl/N-ethyl adjacent to an activating group) is 1. The van der Waals surface area contributed by atoms with Gasteiger partial charge in [0.15, 0.2) is 5.96 Å². The van der Waals surface area contributed by atoms with Crippen LogP contribution in [0.25, 0.3) is 11.1 Å². The highest BCUT2D eigenvalue weighted by Crippen LogP contribution is 2.47. The number of thiophene rings is 1. The number of carbonyl (C=O) groups excluding carboxylic acids is 1. The first kappa shape index (κ1) is 22.5. The molecule has 1 aliphatic heterocycles. The van der Waals surface area contributed by atoms with E-state index in [1.807, 2.05) is 56.5 Å². The minimum atomic E-state index is -0.911. The number of nitrogens with two attached hydrogens (primary N) is 1. The van der Waals surface area contributed by atoms with E-state index in [0.29, 0.717) is 11.4 Å². The maximum absolute atomic E-state index is 13.4. The lowest BCUT2D eigenvalue weighted by Gasteiger charge is -2.39. The molecule has 8 heteroatoms. The fourth-order valence-electron chi connectivity index (χ4n) is 3.98. The third-order valence-corrected chi connectivity index (χ3v) is 6.86. The van der Waals surface area contributed by atoms with Crippen molar-refractivity contribution in [2.45, 2.75) is 38.3 Å². The number of rotatable bonds is 5. The summed E-state index contributed by atoms with van der Waals surface area (Å²) in [4.78, 5) is 24.9. The molecule has 3 aromatic rings. The Morgan fingerprint density at radius 1 is 1.24 bits per heavy atom. The molecular weight excluding hydrogens is 434 g/mol. The fraction of sp³-hybridized carbons (Fsp3) is 0.280. The Bertz CT molecular complexity index is 1260. The molecule has 0 bridgehead atoms. The zero-order chi connectivity index (χ0) is 23.8. The van der Waals surface area contributed by atoms with E-state index in [9.17, 15) is 10.1 Å². The average Bonchev–Trinajstić information content (AvgIpc) is 3.30. The van der Waals surface area contributed by atoms with E-state index in [1.165, 1.54) is 16.2 Å². The molecule has 1 amide bonds. The number of benzene rings is 1. The highest BCUT2D eigenvalue weighted by atomic mass is 32.1. The van der Waals surface area contributed by atoms with Crippen molar-refractivity contribution in [3.8, 4) is 23.1 Å². The van der Waals surface area contributed by atoms with Crippen LogP contribution >= 0.6 is 11.3 Å². The van der Waals surface area contributed by atoms with Crippen LogP contribution in [0, 0.1) is 11.3 Å². The van der Waals surface area contributed by atoms with E-state index in [4.69, 9.17) is 15.5 Å².